The summed E-state index contributed by atoms with van der Waals surface area (Å²) in [6.07, 6.45) is 0.598. The van der Waals surface area contributed by atoms with Crippen LogP contribution in [-0.4, -0.2) is 38.0 Å². The summed E-state index contributed by atoms with van der Waals surface area (Å²) in [5.74, 6) is -0.289. The van der Waals surface area contributed by atoms with E-state index >= 15 is 0 Å². The van der Waals surface area contributed by atoms with Crippen molar-refractivity contribution in [3.63, 3.8) is 0 Å². The third-order valence-electron chi connectivity index (χ3n) is 4.29. The highest BCUT2D eigenvalue weighted by atomic mass is 79.9. The molecule has 0 aliphatic heterocycles. The van der Waals surface area contributed by atoms with E-state index in [1.165, 1.54) is 42.5 Å². The maximum Gasteiger partial charge on any atom is 0.242 e. The SMILES string of the molecule is CC(=O)c1ccc(S(=O)(=O)N(C)CCCC(=O)Nc2ccc(Br)c(C)c2)cc1. The van der Waals surface area contributed by atoms with Crippen LogP contribution in [0.15, 0.2) is 51.8 Å². The normalized spacial score (nSPS) is 11.5. The fraction of sp³-hybridized carbons (Fsp3) is 0.300. The summed E-state index contributed by atoms with van der Waals surface area (Å²) in [4.78, 5) is 23.5. The third kappa shape index (κ3) is 5.73. The molecular formula is C20H23BrN2O4S. The lowest BCUT2D eigenvalue weighted by Crippen LogP contribution is -2.28. The summed E-state index contributed by atoms with van der Waals surface area (Å²) >= 11 is 3.41. The third-order valence-corrected chi connectivity index (χ3v) is 7.05. The molecule has 0 heterocycles. The van der Waals surface area contributed by atoms with Crippen molar-refractivity contribution in [2.24, 2.45) is 0 Å². The number of amides is 1. The molecule has 0 radical (unpaired) electrons. The van der Waals surface area contributed by atoms with Crippen LogP contribution in [0.4, 0.5) is 5.69 Å². The fourth-order valence-corrected chi connectivity index (χ4v) is 4.03. The summed E-state index contributed by atoms with van der Waals surface area (Å²) in [6.45, 7) is 3.57. The van der Waals surface area contributed by atoms with E-state index in [1.54, 1.807) is 6.07 Å². The molecule has 1 amide bonds. The first kappa shape index (κ1) is 22.3. The van der Waals surface area contributed by atoms with E-state index in [0.29, 0.717) is 17.7 Å². The Morgan fingerprint density at radius 2 is 1.75 bits per heavy atom. The van der Waals surface area contributed by atoms with Crippen LogP contribution in [0.2, 0.25) is 0 Å². The number of carbonyl (C=O) groups is 2. The number of rotatable bonds is 8. The average molecular weight is 467 g/mol. The highest BCUT2D eigenvalue weighted by Crippen LogP contribution is 2.20. The topological polar surface area (TPSA) is 83.6 Å². The second kappa shape index (κ2) is 9.45. The molecule has 1 N–H and O–H groups in total. The largest absolute Gasteiger partial charge is 0.326 e. The fourth-order valence-electron chi connectivity index (χ4n) is 2.57. The van der Waals surface area contributed by atoms with Crippen molar-refractivity contribution in [3.8, 4) is 0 Å². The van der Waals surface area contributed by atoms with Gasteiger partial charge in [0.15, 0.2) is 5.78 Å². The quantitative estimate of drug-likeness (QED) is 0.595. The number of Topliss-reactive ketones (excluding diaryl/α,β-unsaturated/α-hetero) is 1. The number of hydrogen-bond acceptors (Lipinski definition) is 4. The van der Waals surface area contributed by atoms with Crippen molar-refractivity contribution in [3.05, 3.63) is 58.1 Å². The second-order valence-corrected chi connectivity index (χ2v) is 9.42. The zero-order chi connectivity index (χ0) is 20.9. The first-order chi connectivity index (χ1) is 13.1. The maximum absolute atomic E-state index is 12.6. The minimum absolute atomic E-state index is 0.120. The standard InChI is InChI=1S/C20H23BrN2O4S/c1-14-13-17(8-11-19(14)21)22-20(25)5-4-12-23(3)28(26,27)18-9-6-16(7-10-18)15(2)24/h6-11,13H,4-5,12H2,1-3H3,(H,22,25). The number of sulfonamides is 1. The van der Waals surface area contributed by atoms with Crippen molar-refractivity contribution in [2.45, 2.75) is 31.6 Å². The molecule has 0 aliphatic carbocycles. The Morgan fingerprint density at radius 3 is 2.32 bits per heavy atom. The minimum atomic E-state index is -3.66. The highest BCUT2D eigenvalue weighted by Gasteiger charge is 2.20. The lowest BCUT2D eigenvalue weighted by molar-refractivity contribution is -0.116. The second-order valence-electron chi connectivity index (χ2n) is 6.52. The first-order valence-electron chi connectivity index (χ1n) is 8.74. The molecule has 6 nitrogen and oxygen atoms in total. The molecule has 2 aromatic rings. The number of ketones is 1. The van der Waals surface area contributed by atoms with Crippen LogP contribution in [0.3, 0.4) is 0 Å². The van der Waals surface area contributed by atoms with Crippen LogP contribution in [-0.2, 0) is 14.8 Å². The predicted octanol–water partition coefficient (Wildman–Crippen LogP) is 4.00. The van der Waals surface area contributed by atoms with Gasteiger partial charge in [-0.2, -0.15) is 0 Å². The number of anilines is 1. The Bertz CT molecular complexity index is 972. The van der Waals surface area contributed by atoms with Crippen molar-refractivity contribution in [2.75, 3.05) is 18.9 Å². The van der Waals surface area contributed by atoms with Crippen LogP contribution in [0.5, 0.6) is 0 Å². The van der Waals surface area contributed by atoms with Gasteiger partial charge in [-0.15, -0.1) is 0 Å². The summed E-state index contributed by atoms with van der Waals surface area (Å²) in [5, 5.41) is 2.81. The Labute approximate surface area is 174 Å². The molecule has 0 saturated carbocycles. The lowest BCUT2D eigenvalue weighted by Gasteiger charge is -2.17. The van der Waals surface area contributed by atoms with Crippen LogP contribution in [0.25, 0.3) is 0 Å². The molecule has 0 atom stereocenters. The van der Waals surface area contributed by atoms with Crippen molar-refractivity contribution in [1.29, 1.82) is 0 Å². The predicted molar refractivity (Wildman–Crippen MR) is 113 cm³/mol. The van der Waals surface area contributed by atoms with E-state index in [2.05, 4.69) is 21.2 Å². The number of carbonyl (C=O) groups excluding carboxylic acids is 2. The molecule has 8 heteroatoms. The Kier molecular flexibility index (Phi) is 7.51. The van der Waals surface area contributed by atoms with Gasteiger partial charge in [-0.3, -0.25) is 9.59 Å². The monoisotopic (exact) mass is 466 g/mol. The van der Waals surface area contributed by atoms with Gasteiger partial charge in [-0.1, -0.05) is 28.1 Å². The van der Waals surface area contributed by atoms with Crippen LogP contribution in [0, 0.1) is 6.92 Å². The molecule has 28 heavy (non-hydrogen) atoms. The van der Waals surface area contributed by atoms with Crippen molar-refractivity contribution in [1.82, 2.24) is 4.31 Å². The maximum atomic E-state index is 12.6. The molecular weight excluding hydrogens is 444 g/mol. The number of aryl methyl sites for hydroxylation is 1. The minimum Gasteiger partial charge on any atom is -0.326 e. The first-order valence-corrected chi connectivity index (χ1v) is 11.0. The summed E-state index contributed by atoms with van der Waals surface area (Å²) in [6, 6.07) is 11.4. The molecule has 0 spiro atoms. The number of hydrogen-bond donors (Lipinski definition) is 1. The van der Waals surface area contributed by atoms with Crippen molar-refractivity contribution < 1.29 is 18.0 Å². The molecule has 0 bridgehead atoms. The average Bonchev–Trinajstić information content (AvgIpc) is 2.64. The number of nitrogens with one attached hydrogen (secondary N) is 1. The van der Waals surface area contributed by atoms with E-state index in [4.69, 9.17) is 0 Å². The van der Waals surface area contributed by atoms with E-state index in [9.17, 15) is 18.0 Å². The van der Waals surface area contributed by atoms with Gasteiger partial charge in [-0.05, 0) is 56.2 Å². The van der Waals surface area contributed by atoms with Crippen LogP contribution in [0.1, 0.15) is 35.7 Å². The van der Waals surface area contributed by atoms with Crippen molar-refractivity contribution >= 4 is 43.3 Å². The van der Waals surface area contributed by atoms with Gasteiger partial charge in [0.25, 0.3) is 0 Å². The molecule has 0 aliphatic rings. The summed E-state index contributed by atoms with van der Waals surface area (Å²) < 4.78 is 27.4. The van der Waals surface area contributed by atoms with Gasteiger partial charge in [0.1, 0.15) is 0 Å². The Morgan fingerprint density at radius 1 is 1.11 bits per heavy atom. The van der Waals surface area contributed by atoms with Gasteiger partial charge in [0.05, 0.1) is 4.90 Å². The molecule has 0 fully saturated rings. The van der Waals surface area contributed by atoms with E-state index < -0.39 is 10.0 Å². The van der Waals surface area contributed by atoms with Gasteiger partial charge in [-0.25, -0.2) is 12.7 Å². The summed E-state index contributed by atoms with van der Waals surface area (Å²) in [5.41, 5.74) is 2.18. The molecule has 0 unspecified atom stereocenters. The van der Waals surface area contributed by atoms with E-state index in [1.807, 2.05) is 19.1 Å². The number of nitrogens with zero attached hydrogens (tertiary/aromatic N) is 1. The molecule has 2 aromatic carbocycles. The van der Waals surface area contributed by atoms with Gasteiger partial charge in [0, 0.05) is 35.7 Å². The Hall–Kier alpha value is -2.03. The van der Waals surface area contributed by atoms with Gasteiger partial charge >= 0.3 is 0 Å². The summed E-state index contributed by atoms with van der Waals surface area (Å²) in [7, 11) is -2.19. The molecule has 0 aromatic heterocycles. The molecule has 150 valence electrons. The molecule has 0 saturated heterocycles. The van der Waals surface area contributed by atoms with Crippen LogP contribution < -0.4 is 5.32 Å². The number of benzene rings is 2. The van der Waals surface area contributed by atoms with E-state index in [-0.39, 0.29) is 29.6 Å². The molecule has 2 rings (SSSR count). The highest BCUT2D eigenvalue weighted by molar-refractivity contribution is 9.10. The smallest absolute Gasteiger partial charge is 0.242 e. The Balaban J connectivity index is 1.89. The number of halogens is 1. The lowest BCUT2D eigenvalue weighted by atomic mass is 10.2. The van der Waals surface area contributed by atoms with E-state index in [0.717, 1.165) is 10.0 Å². The van der Waals surface area contributed by atoms with Gasteiger partial charge in [0.2, 0.25) is 15.9 Å². The van der Waals surface area contributed by atoms with Crippen LogP contribution >= 0.6 is 15.9 Å². The zero-order valence-electron chi connectivity index (χ0n) is 16.0. The zero-order valence-corrected chi connectivity index (χ0v) is 18.4. The van der Waals surface area contributed by atoms with Gasteiger partial charge < -0.3 is 5.32 Å².